The second kappa shape index (κ2) is 3.76. The molecule has 70 valence electrons. The molecule has 1 amide bonds. The molecular formula is C6H6Cl2N4O. The van der Waals surface area contributed by atoms with Crippen LogP contribution in [0.1, 0.15) is 0 Å². The Morgan fingerprint density at radius 1 is 1.46 bits per heavy atom. The summed E-state index contributed by atoms with van der Waals surface area (Å²) >= 11 is 5.70. The Kier molecular flexibility index (Phi) is 2.90. The highest BCUT2D eigenvalue weighted by molar-refractivity contribution is 6.33. The first-order valence-corrected chi connectivity index (χ1v) is 3.69. The Hall–Kier alpha value is -1.07. The van der Waals surface area contributed by atoms with Crippen molar-refractivity contribution < 1.29 is 4.79 Å². The monoisotopic (exact) mass is 220 g/mol. The number of fused-ring (bicyclic) bond motifs is 1. The number of carbonyl (C=O) groups excluding carboxylic acids is 1. The number of carbonyl (C=O) groups is 1. The van der Waals surface area contributed by atoms with Crippen LogP contribution in [0.25, 0.3) is 0 Å². The van der Waals surface area contributed by atoms with Crippen LogP contribution < -0.4 is 10.6 Å². The summed E-state index contributed by atoms with van der Waals surface area (Å²) < 4.78 is 0. The Morgan fingerprint density at radius 3 is 3.00 bits per heavy atom. The standard InChI is InChI=1S/C6H5ClN4O.ClH/c7-5-4-6(10-2-9-5)8-1-3(12)11-4;/h2H,1H2,(H,11,12)(H,8,9,10);1H. The van der Waals surface area contributed by atoms with E-state index in [9.17, 15) is 4.79 Å². The van der Waals surface area contributed by atoms with Crippen LogP contribution in [-0.4, -0.2) is 22.4 Å². The largest absolute Gasteiger partial charge is 0.359 e. The number of hydrogen-bond donors (Lipinski definition) is 2. The van der Waals surface area contributed by atoms with Crippen molar-refractivity contribution in [2.24, 2.45) is 0 Å². The van der Waals surface area contributed by atoms with Gasteiger partial charge in [0.05, 0.1) is 6.54 Å². The molecule has 0 fully saturated rings. The zero-order valence-corrected chi connectivity index (χ0v) is 7.95. The van der Waals surface area contributed by atoms with E-state index in [2.05, 4.69) is 20.6 Å². The van der Waals surface area contributed by atoms with Gasteiger partial charge in [-0.2, -0.15) is 0 Å². The van der Waals surface area contributed by atoms with E-state index < -0.39 is 0 Å². The highest BCUT2D eigenvalue weighted by Gasteiger charge is 2.17. The topological polar surface area (TPSA) is 66.9 Å². The summed E-state index contributed by atoms with van der Waals surface area (Å²) in [5.74, 6) is 0.425. The predicted molar refractivity (Wildman–Crippen MR) is 51.4 cm³/mol. The molecule has 0 aliphatic carbocycles. The lowest BCUT2D eigenvalue weighted by atomic mass is 10.3. The lowest BCUT2D eigenvalue weighted by molar-refractivity contribution is -0.114. The van der Waals surface area contributed by atoms with Gasteiger partial charge in [-0.1, -0.05) is 11.6 Å². The van der Waals surface area contributed by atoms with E-state index in [1.54, 1.807) is 0 Å². The number of hydrogen-bond acceptors (Lipinski definition) is 4. The van der Waals surface area contributed by atoms with Gasteiger partial charge in [0.15, 0.2) is 11.0 Å². The van der Waals surface area contributed by atoms with Gasteiger partial charge in [-0.25, -0.2) is 9.97 Å². The second-order valence-corrected chi connectivity index (χ2v) is 2.65. The second-order valence-electron chi connectivity index (χ2n) is 2.29. The minimum Gasteiger partial charge on any atom is -0.359 e. The molecule has 13 heavy (non-hydrogen) atoms. The minimum atomic E-state index is -0.140. The maximum atomic E-state index is 10.9. The highest BCUT2D eigenvalue weighted by Crippen LogP contribution is 2.27. The van der Waals surface area contributed by atoms with E-state index in [1.165, 1.54) is 6.33 Å². The van der Waals surface area contributed by atoms with Crippen molar-refractivity contribution in [1.29, 1.82) is 0 Å². The quantitative estimate of drug-likeness (QED) is 0.639. The Morgan fingerprint density at radius 2 is 2.23 bits per heavy atom. The first-order chi connectivity index (χ1) is 5.77. The molecule has 0 atom stereocenters. The molecule has 0 aromatic carbocycles. The number of aromatic nitrogens is 2. The minimum absolute atomic E-state index is 0. The van der Waals surface area contributed by atoms with E-state index in [0.717, 1.165) is 0 Å². The number of rotatable bonds is 0. The van der Waals surface area contributed by atoms with Crippen molar-refractivity contribution in [3.8, 4) is 0 Å². The Bertz CT molecular complexity index is 343. The molecule has 0 bridgehead atoms. The molecule has 7 heteroatoms. The van der Waals surface area contributed by atoms with Gasteiger partial charge in [-0.3, -0.25) is 4.79 Å². The molecule has 0 saturated heterocycles. The fourth-order valence-electron chi connectivity index (χ4n) is 0.957. The fraction of sp³-hybridized carbons (Fsp3) is 0.167. The molecule has 0 unspecified atom stereocenters. The molecule has 1 aliphatic rings. The van der Waals surface area contributed by atoms with Crippen molar-refractivity contribution >= 4 is 41.4 Å². The van der Waals surface area contributed by atoms with Crippen LogP contribution in [0, 0.1) is 0 Å². The van der Waals surface area contributed by atoms with Crippen LogP contribution in [0.2, 0.25) is 5.15 Å². The lowest BCUT2D eigenvalue weighted by Crippen LogP contribution is -2.28. The molecule has 1 aromatic heterocycles. The summed E-state index contributed by atoms with van der Waals surface area (Å²) in [6.45, 7) is 0.223. The number of anilines is 2. The van der Waals surface area contributed by atoms with E-state index in [0.29, 0.717) is 11.5 Å². The first-order valence-electron chi connectivity index (χ1n) is 3.31. The summed E-state index contributed by atoms with van der Waals surface area (Å²) in [4.78, 5) is 18.5. The number of halogens is 2. The molecule has 1 aromatic rings. The van der Waals surface area contributed by atoms with Crippen LogP contribution in [0.15, 0.2) is 6.33 Å². The van der Waals surface area contributed by atoms with Gasteiger partial charge in [-0.15, -0.1) is 12.4 Å². The molecule has 1 aliphatic heterocycles. The summed E-state index contributed by atoms with van der Waals surface area (Å²) in [7, 11) is 0. The van der Waals surface area contributed by atoms with Crippen LogP contribution in [-0.2, 0) is 4.79 Å². The van der Waals surface area contributed by atoms with Crippen LogP contribution in [0.5, 0.6) is 0 Å². The Labute approximate surface area is 85.3 Å². The zero-order valence-electron chi connectivity index (χ0n) is 6.37. The molecule has 2 N–H and O–H groups in total. The third-order valence-electron chi connectivity index (χ3n) is 1.48. The smallest absolute Gasteiger partial charge is 0.243 e. The summed E-state index contributed by atoms with van der Waals surface area (Å²) in [6, 6.07) is 0. The summed E-state index contributed by atoms with van der Waals surface area (Å²) in [6.07, 6.45) is 1.34. The van der Waals surface area contributed by atoms with Crippen molar-refractivity contribution in [1.82, 2.24) is 9.97 Å². The van der Waals surface area contributed by atoms with E-state index in [4.69, 9.17) is 11.6 Å². The van der Waals surface area contributed by atoms with E-state index >= 15 is 0 Å². The average Bonchev–Trinajstić information content (AvgIpc) is 2.07. The summed E-state index contributed by atoms with van der Waals surface area (Å²) in [5, 5.41) is 5.63. The third kappa shape index (κ3) is 1.81. The molecule has 0 spiro atoms. The molecule has 0 saturated carbocycles. The summed E-state index contributed by atoms with van der Waals surface area (Å²) in [5.41, 5.74) is 0.454. The number of nitrogens with zero attached hydrogens (tertiary/aromatic N) is 2. The first kappa shape index (κ1) is 10.0. The number of nitrogens with one attached hydrogen (secondary N) is 2. The van der Waals surface area contributed by atoms with Crippen molar-refractivity contribution in [3.05, 3.63) is 11.5 Å². The SMILES string of the molecule is Cl.O=C1CNc2ncnc(Cl)c2N1. The maximum absolute atomic E-state index is 10.9. The normalized spacial score (nSPS) is 13.5. The van der Waals surface area contributed by atoms with Crippen molar-refractivity contribution in [2.45, 2.75) is 0 Å². The molecule has 2 heterocycles. The third-order valence-corrected chi connectivity index (χ3v) is 1.77. The van der Waals surface area contributed by atoms with Crippen molar-refractivity contribution in [2.75, 3.05) is 17.2 Å². The van der Waals surface area contributed by atoms with Crippen LogP contribution >= 0.6 is 24.0 Å². The molecule has 5 nitrogen and oxygen atoms in total. The maximum Gasteiger partial charge on any atom is 0.243 e. The van der Waals surface area contributed by atoms with Crippen LogP contribution in [0.4, 0.5) is 11.5 Å². The lowest BCUT2D eigenvalue weighted by Gasteiger charge is -2.17. The highest BCUT2D eigenvalue weighted by atomic mass is 35.5. The van der Waals surface area contributed by atoms with Crippen molar-refractivity contribution in [3.63, 3.8) is 0 Å². The van der Waals surface area contributed by atoms with Gasteiger partial charge < -0.3 is 10.6 Å². The molecular weight excluding hydrogens is 215 g/mol. The van der Waals surface area contributed by atoms with Crippen LogP contribution in [0.3, 0.4) is 0 Å². The van der Waals surface area contributed by atoms with Gasteiger partial charge in [0, 0.05) is 0 Å². The predicted octanol–water partition coefficient (Wildman–Crippen LogP) is 0.916. The zero-order chi connectivity index (χ0) is 8.55. The van der Waals surface area contributed by atoms with Gasteiger partial charge in [0.1, 0.15) is 12.0 Å². The van der Waals surface area contributed by atoms with Gasteiger partial charge in [0.2, 0.25) is 5.91 Å². The van der Waals surface area contributed by atoms with E-state index in [-0.39, 0.29) is 30.0 Å². The van der Waals surface area contributed by atoms with Gasteiger partial charge in [-0.05, 0) is 0 Å². The number of amides is 1. The molecule has 2 rings (SSSR count). The Balaban J connectivity index is 0.000000845. The van der Waals surface area contributed by atoms with Gasteiger partial charge >= 0.3 is 0 Å². The van der Waals surface area contributed by atoms with Gasteiger partial charge in [0.25, 0.3) is 0 Å². The van der Waals surface area contributed by atoms with E-state index in [1.807, 2.05) is 0 Å². The average molecular weight is 221 g/mol. The molecule has 0 radical (unpaired) electrons. The fourth-order valence-corrected chi connectivity index (χ4v) is 1.14.